The van der Waals surface area contributed by atoms with E-state index in [0.29, 0.717) is 16.3 Å². The molecular formula is C16H12F3N3O2S. The van der Waals surface area contributed by atoms with E-state index in [1.165, 1.54) is 34.6 Å². The van der Waals surface area contributed by atoms with Gasteiger partial charge in [0.1, 0.15) is 10.7 Å². The van der Waals surface area contributed by atoms with Crippen LogP contribution in [0.5, 0.6) is 0 Å². The van der Waals surface area contributed by atoms with Gasteiger partial charge >= 0.3 is 6.18 Å². The molecule has 0 aliphatic heterocycles. The van der Waals surface area contributed by atoms with Crippen molar-refractivity contribution < 1.29 is 22.5 Å². The van der Waals surface area contributed by atoms with Crippen LogP contribution in [0.25, 0.3) is 10.6 Å². The van der Waals surface area contributed by atoms with Gasteiger partial charge in [-0.3, -0.25) is 4.79 Å². The Balaban J connectivity index is 1.74. The maximum absolute atomic E-state index is 12.6. The monoisotopic (exact) mass is 367 g/mol. The van der Waals surface area contributed by atoms with Crippen LogP contribution in [0.4, 0.5) is 13.2 Å². The number of hydrogen-bond donors (Lipinski definition) is 0. The number of benzene rings is 1. The van der Waals surface area contributed by atoms with Gasteiger partial charge in [0.2, 0.25) is 0 Å². The molecule has 2 aromatic heterocycles. The fraction of sp³-hybridized carbons (Fsp3) is 0.188. The second kappa shape index (κ2) is 6.67. The first-order chi connectivity index (χ1) is 11.8. The van der Waals surface area contributed by atoms with Crippen LogP contribution in [0, 0.1) is 0 Å². The summed E-state index contributed by atoms with van der Waals surface area (Å²) in [6.07, 6.45) is -2.90. The summed E-state index contributed by atoms with van der Waals surface area (Å²) in [7, 11) is 1.60. The van der Waals surface area contributed by atoms with Crippen molar-refractivity contribution in [3.05, 3.63) is 58.9 Å². The second-order valence-electron chi connectivity index (χ2n) is 5.25. The zero-order valence-electron chi connectivity index (χ0n) is 12.9. The Morgan fingerprint density at radius 1 is 1.24 bits per heavy atom. The van der Waals surface area contributed by atoms with Gasteiger partial charge in [0.25, 0.3) is 5.91 Å². The molecule has 0 aliphatic rings. The van der Waals surface area contributed by atoms with Crippen molar-refractivity contribution in [3.63, 3.8) is 0 Å². The quantitative estimate of drug-likeness (QED) is 0.697. The smallest absolute Gasteiger partial charge is 0.360 e. The molecule has 0 bridgehead atoms. The number of rotatable bonds is 4. The van der Waals surface area contributed by atoms with Crippen molar-refractivity contribution in [1.29, 1.82) is 0 Å². The van der Waals surface area contributed by atoms with E-state index in [-0.39, 0.29) is 18.1 Å². The summed E-state index contributed by atoms with van der Waals surface area (Å²) < 4.78 is 42.8. The molecule has 0 N–H and O–H groups in total. The first kappa shape index (κ1) is 17.2. The van der Waals surface area contributed by atoms with Crippen LogP contribution in [-0.2, 0) is 12.7 Å². The van der Waals surface area contributed by atoms with E-state index in [4.69, 9.17) is 4.52 Å². The lowest BCUT2D eigenvalue weighted by Gasteiger charge is -2.13. The van der Waals surface area contributed by atoms with E-state index in [1.54, 1.807) is 18.5 Å². The van der Waals surface area contributed by atoms with Gasteiger partial charge in [0.15, 0.2) is 5.76 Å². The highest BCUT2D eigenvalue weighted by molar-refractivity contribution is 7.13. The third-order valence-electron chi connectivity index (χ3n) is 3.41. The largest absolute Gasteiger partial charge is 0.416 e. The third-order valence-corrected chi connectivity index (χ3v) is 4.30. The lowest BCUT2D eigenvalue weighted by molar-refractivity contribution is -0.137. The number of thiazole rings is 1. The van der Waals surface area contributed by atoms with Crippen molar-refractivity contribution in [2.45, 2.75) is 12.7 Å². The molecule has 0 unspecified atom stereocenters. The van der Waals surface area contributed by atoms with Gasteiger partial charge in [-0.25, -0.2) is 4.98 Å². The number of halogens is 3. The highest BCUT2D eigenvalue weighted by Crippen LogP contribution is 2.31. The average Bonchev–Trinajstić information content (AvgIpc) is 3.25. The second-order valence-corrected chi connectivity index (χ2v) is 6.11. The van der Waals surface area contributed by atoms with E-state index < -0.39 is 11.7 Å². The zero-order chi connectivity index (χ0) is 18.0. The molecule has 0 spiro atoms. The number of hydrogen-bond acceptors (Lipinski definition) is 5. The standard InChI is InChI=1S/C16H12F3N3O2S/c1-22(8-12-6-7-20-24-12)15(23)13-9-25-14(21-13)10-2-4-11(5-3-10)16(17,18)19/h2-7,9H,8H2,1H3. The van der Waals surface area contributed by atoms with Crippen molar-refractivity contribution in [2.24, 2.45) is 0 Å². The molecule has 25 heavy (non-hydrogen) atoms. The minimum Gasteiger partial charge on any atom is -0.360 e. The van der Waals surface area contributed by atoms with Crippen LogP contribution in [0.15, 0.2) is 46.4 Å². The normalized spacial score (nSPS) is 11.5. The summed E-state index contributed by atoms with van der Waals surface area (Å²) in [4.78, 5) is 18.0. The molecule has 3 rings (SSSR count). The molecule has 0 fully saturated rings. The Morgan fingerprint density at radius 3 is 2.56 bits per heavy atom. The summed E-state index contributed by atoms with van der Waals surface area (Å²) in [6, 6.07) is 6.32. The van der Waals surface area contributed by atoms with Crippen LogP contribution in [0.2, 0.25) is 0 Å². The predicted molar refractivity (Wildman–Crippen MR) is 84.9 cm³/mol. The minimum atomic E-state index is -4.38. The Hall–Kier alpha value is -2.68. The van der Waals surface area contributed by atoms with Crippen LogP contribution < -0.4 is 0 Å². The average molecular weight is 367 g/mol. The van der Waals surface area contributed by atoms with Crippen molar-refractivity contribution >= 4 is 17.2 Å². The van der Waals surface area contributed by atoms with E-state index in [0.717, 1.165) is 12.1 Å². The number of carbonyl (C=O) groups is 1. The van der Waals surface area contributed by atoms with E-state index in [9.17, 15) is 18.0 Å². The first-order valence-corrected chi connectivity index (χ1v) is 8.01. The number of alkyl halides is 3. The predicted octanol–water partition coefficient (Wildman–Crippen LogP) is 4.09. The molecule has 0 saturated carbocycles. The number of amides is 1. The SMILES string of the molecule is CN(Cc1ccno1)C(=O)c1csc(-c2ccc(C(F)(F)F)cc2)n1. The molecule has 0 saturated heterocycles. The fourth-order valence-electron chi connectivity index (χ4n) is 2.13. The van der Waals surface area contributed by atoms with E-state index in [2.05, 4.69) is 10.1 Å². The van der Waals surface area contributed by atoms with Gasteiger partial charge in [0, 0.05) is 24.1 Å². The van der Waals surface area contributed by atoms with Gasteiger partial charge in [0.05, 0.1) is 18.3 Å². The lowest BCUT2D eigenvalue weighted by atomic mass is 10.1. The first-order valence-electron chi connectivity index (χ1n) is 7.13. The van der Waals surface area contributed by atoms with Gasteiger partial charge < -0.3 is 9.42 Å². The maximum atomic E-state index is 12.6. The molecule has 0 aliphatic carbocycles. The van der Waals surface area contributed by atoms with Gasteiger partial charge in [-0.2, -0.15) is 13.2 Å². The third kappa shape index (κ3) is 3.87. The maximum Gasteiger partial charge on any atom is 0.416 e. The number of aromatic nitrogens is 2. The minimum absolute atomic E-state index is 0.224. The molecule has 1 amide bonds. The molecule has 130 valence electrons. The topological polar surface area (TPSA) is 59.2 Å². The Kier molecular flexibility index (Phi) is 4.58. The molecule has 5 nitrogen and oxygen atoms in total. The van der Waals surface area contributed by atoms with Crippen LogP contribution in [0.3, 0.4) is 0 Å². The van der Waals surface area contributed by atoms with Crippen molar-refractivity contribution in [3.8, 4) is 10.6 Å². The van der Waals surface area contributed by atoms with Crippen LogP contribution in [-0.4, -0.2) is 28.0 Å². The Morgan fingerprint density at radius 2 is 1.96 bits per heavy atom. The summed E-state index contributed by atoms with van der Waals surface area (Å²) in [5.74, 6) is 0.222. The Bertz CT molecular complexity index is 858. The van der Waals surface area contributed by atoms with Gasteiger partial charge in [-0.05, 0) is 12.1 Å². The van der Waals surface area contributed by atoms with Crippen LogP contribution in [0.1, 0.15) is 21.8 Å². The van der Waals surface area contributed by atoms with Gasteiger partial charge in [-0.1, -0.05) is 17.3 Å². The summed E-state index contributed by atoms with van der Waals surface area (Å²) in [6.45, 7) is 0.242. The highest BCUT2D eigenvalue weighted by Gasteiger charge is 2.30. The number of nitrogens with zero attached hydrogens (tertiary/aromatic N) is 3. The summed E-state index contributed by atoms with van der Waals surface area (Å²) >= 11 is 1.19. The number of carbonyl (C=O) groups excluding carboxylic acids is 1. The molecule has 3 aromatic rings. The Labute approximate surface area is 144 Å². The van der Waals surface area contributed by atoms with Crippen molar-refractivity contribution in [1.82, 2.24) is 15.0 Å². The highest BCUT2D eigenvalue weighted by atomic mass is 32.1. The molecule has 9 heteroatoms. The fourth-order valence-corrected chi connectivity index (χ4v) is 2.93. The molecular weight excluding hydrogens is 355 g/mol. The molecule has 2 heterocycles. The zero-order valence-corrected chi connectivity index (χ0v) is 13.8. The lowest BCUT2D eigenvalue weighted by Crippen LogP contribution is -2.26. The van der Waals surface area contributed by atoms with Crippen molar-refractivity contribution in [2.75, 3.05) is 7.05 Å². The summed E-state index contributed by atoms with van der Waals surface area (Å²) in [5, 5.41) is 5.62. The molecule has 0 atom stereocenters. The van der Waals surface area contributed by atoms with E-state index >= 15 is 0 Å². The van der Waals surface area contributed by atoms with Gasteiger partial charge in [-0.15, -0.1) is 11.3 Å². The summed E-state index contributed by atoms with van der Waals surface area (Å²) in [5.41, 5.74) is 0.0211. The van der Waals surface area contributed by atoms with Crippen LogP contribution >= 0.6 is 11.3 Å². The molecule has 1 aromatic carbocycles. The molecule has 0 radical (unpaired) electrons. The van der Waals surface area contributed by atoms with E-state index in [1.807, 2.05) is 0 Å².